The van der Waals surface area contributed by atoms with E-state index in [1.165, 1.54) is 23.9 Å². The number of ether oxygens (including phenoxy) is 1. The molecule has 8 heteroatoms. The maximum Gasteiger partial charge on any atom is 0.323 e. The Bertz CT molecular complexity index is 483. The van der Waals surface area contributed by atoms with Gasteiger partial charge in [-0.25, -0.2) is 0 Å². The van der Waals surface area contributed by atoms with Crippen molar-refractivity contribution in [1.82, 2.24) is 15.2 Å². The first-order chi connectivity index (χ1) is 9.54. The number of carbonyl (C=O) groups is 3. The van der Waals surface area contributed by atoms with Crippen molar-refractivity contribution < 1.29 is 24.2 Å². The van der Waals surface area contributed by atoms with Gasteiger partial charge in [0.2, 0.25) is 5.91 Å². The molecule has 0 aliphatic carbocycles. The minimum Gasteiger partial charge on any atom is -0.480 e. The zero-order valence-corrected chi connectivity index (χ0v) is 11.1. The van der Waals surface area contributed by atoms with Crippen LogP contribution in [0.1, 0.15) is 10.5 Å². The monoisotopic (exact) mass is 283 g/mol. The number of aromatic nitrogens is 1. The molecule has 0 spiro atoms. The Kier molecular flexibility index (Phi) is 6.24. The van der Waals surface area contributed by atoms with Gasteiger partial charge in [-0.05, 0) is 12.1 Å². The van der Waals surface area contributed by atoms with Crippen LogP contribution < -0.4 is 10.6 Å². The molecule has 110 valence electrons. The lowest BCUT2D eigenvalue weighted by Crippen LogP contribution is -2.38. The van der Waals surface area contributed by atoms with Gasteiger partial charge in [-0.2, -0.15) is 0 Å². The lowest BCUT2D eigenvalue weighted by Gasteiger charge is -2.08. The Labute approximate surface area is 115 Å². The summed E-state index contributed by atoms with van der Waals surface area (Å²) in [6.45, 7) is 0.262. The number of carboxylic acid groups (broad SMARTS) is 1. The minimum atomic E-state index is -1.05. The maximum atomic E-state index is 11.8. The molecule has 0 unspecified atom stereocenters. The normalized spacial score (nSPS) is 10.1. The Hall–Kier alpha value is -2.35. The molecular formula is C12H17N3O5. The third-order valence-corrected chi connectivity index (χ3v) is 2.41. The first-order valence-corrected chi connectivity index (χ1v) is 5.95. The van der Waals surface area contributed by atoms with E-state index in [-0.39, 0.29) is 24.7 Å². The second-order valence-electron chi connectivity index (χ2n) is 3.94. The standard InChI is InChI=1S/C12H17N3O5/c1-20-6-4-13-10(16)7-14-12(19)9-3-2-5-15(9)8-11(17)18/h2-3,5H,4,6-8H2,1H3,(H,13,16)(H,14,19)(H,17,18). The lowest BCUT2D eigenvalue weighted by molar-refractivity contribution is -0.137. The van der Waals surface area contributed by atoms with Crippen molar-refractivity contribution in [3.05, 3.63) is 24.0 Å². The molecule has 1 aromatic heterocycles. The number of rotatable bonds is 8. The van der Waals surface area contributed by atoms with Crippen molar-refractivity contribution in [2.75, 3.05) is 26.8 Å². The highest BCUT2D eigenvalue weighted by atomic mass is 16.5. The van der Waals surface area contributed by atoms with Crippen molar-refractivity contribution in [3.8, 4) is 0 Å². The summed E-state index contributed by atoms with van der Waals surface area (Å²) in [5.74, 6) is -1.89. The molecule has 0 bridgehead atoms. The molecule has 0 atom stereocenters. The van der Waals surface area contributed by atoms with E-state index in [0.29, 0.717) is 13.2 Å². The molecule has 1 aromatic rings. The van der Waals surface area contributed by atoms with Gasteiger partial charge < -0.3 is 25.0 Å². The first-order valence-electron chi connectivity index (χ1n) is 5.95. The van der Waals surface area contributed by atoms with E-state index in [2.05, 4.69) is 10.6 Å². The van der Waals surface area contributed by atoms with Crippen LogP contribution in [-0.2, 0) is 20.9 Å². The fourth-order valence-electron chi connectivity index (χ4n) is 1.51. The topological polar surface area (TPSA) is 110 Å². The predicted octanol–water partition coefficient (Wildman–Crippen LogP) is -0.935. The fourth-order valence-corrected chi connectivity index (χ4v) is 1.51. The van der Waals surface area contributed by atoms with Crippen molar-refractivity contribution in [1.29, 1.82) is 0 Å². The first kappa shape index (κ1) is 15.7. The average molecular weight is 283 g/mol. The number of carboxylic acids is 1. The highest BCUT2D eigenvalue weighted by Gasteiger charge is 2.13. The summed E-state index contributed by atoms with van der Waals surface area (Å²) in [6.07, 6.45) is 1.49. The van der Waals surface area contributed by atoms with E-state index < -0.39 is 11.9 Å². The Morgan fingerprint density at radius 2 is 2.10 bits per heavy atom. The Morgan fingerprint density at radius 1 is 1.35 bits per heavy atom. The van der Waals surface area contributed by atoms with Gasteiger partial charge in [0.25, 0.3) is 5.91 Å². The lowest BCUT2D eigenvalue weighted by atomic mass is 10.4. The number of aliphatic carboxylic acids is 1. The number of nitrogens with zero attached hydrogens (tertiary/aromatic N) is 1. The van der Waals surface area contributed by atoms with Gasteiger partial charge in [-0.3, -0.25) is 14.4 Å². The molecule has 2 amide bonds. The summed E-state index contributed by atoms with van der Waals surface area (Å²) in [5, 5.41) is 13.7. The van der Waals surface area contributed by atoms with Gasteiger partial charge >= 0.3 is 5.97 Å². The van der Waals surface area contributed by atoms with E-state index in [1.54, 1.807) is 6.07 Å². The van der Waals surface area contributed by atoms with Crippen molar-refractivity contribution >= 4 is 17.8 Å². The minimum absolute atomic E-state index is 0.180. The van der Waals surface area contributed by atoms with E-state index in [4.69, 9.17) is 9.84 Å². The summed E-state index contributed by atoms with van der Waals surface area (Å²) in [6, 6.07) is 3.05. The number of amides is 2. The number of methoxy groups -OCH3 is 1. The zero-order valence-electron chi connectivity index (χ0n) is 11.1. The zero-order chi connectivity index (χ0) is 15.0. The largest absolute Gasteiger partial charge is 0.480 e. The molecule has 0 fully saturated rings. The summed E-state index contributed by atoms with van der Waals surface area (Å²) in [4.78, 5) is 33.8. The van der Waals surface area contributed by atoms with Gasteiger partial charge in [-0.1, -0.05) is 0 Å². The molecule has 0 saturated heterocycles. The van der Waals surface area contributed by atoms with Crippen LogP contribution in [0.15, 0.2) is 18.3 Å². The molecule has 0 saturated carbocycles. The molecule has 0 aromatic carbocycles. The van der Waals surface area contributed by atoms with Gasteiger partial charge in [0.05, 0.1) is 13.2 Å². The third-order valence-electron chi connectivity index (χ3n) is 2.41. The van der Waals surface area contributed by atoms with E-state index in [0.717, 1.165) is 0 Å². The summed E-state index contributed by atoms with van der Waals surface area (Å²) < 4.78 is 6.06. The average Bonchev–Trinajstić information content (AvgIpc) is 2.83. The molecular weight excluding hydrogens is 266 g/mol. The molecule has 20 heavy (non-hydrogen) atoms. The van der Waals surface area contributed by atoms with Crippen LogP contribution in [0.5, 0.6) is 0 Å². The fraction of sp³-hybridized carbons (Fsp3) is 0.417. The highest BCUT2D eigenvalue weighted by molar-refractivity contribution is 5.95. The van der Waals surface area contributed by atoms with E-state index in [1.807, 2.05) is 0 Å². The Balaban J connectivity index is 2.45. The van der Waals surface area contributed by atoms with Gasteiger partial charge in [0, 0.05) is 19.9 Å². The molecule has 0 radical (unpaired) electrons. The van der Waals surface area contributed by atoms with Gasteiger partial charge in [-0.15, -0.1) is 0 Å². The summed E-state index contributed by atoms with van der Waals surface area (Å²) in [7, 11) is 1.52. The van der Waals surface area contributed by atoms with Gasteiger partial charge in [0.1, 0.15) is 12.2 Å². The quantitative estimate of drug-likeness (QED) is 0.534. The van der Waals surface area contributed by atoms with Crippen LogP contribution in [0.3, 0.4) is 0 Å². The van der Waals surface area contributed by atoms with Crippen molar-refractivity contribution in [2.45, 2.75) is 6.54 Å². The van der Waals surface area contributed by atoms with E-state index in [9.17, 15) is 14.4 Å². The number of nitrogens with one attached hydrogen (secondary N) is 2. The van der Waals surface area contributed by atoms with Crippen LogP contribution in [0.25, 0.3) is 0 Å². The molecule has 8 nitrogen and oxygen atoms in total. The SMILES string of the molecule is COCCNC(=O)CNC(=O)c1cccn1CC(=O)O. The third kappa shape index (κ3) is 5.11. The smallest absolute Gasteiger partial charge is 0.323 e. The predicted molar refractivity (Wildman–Crippen MR) is 69.3 cm³/mol. The number of hydrogen-bond acceptors (Lipinski definition) is 4. The molecule has 3 N–H and O–H groups in total. The van der Waals surface area contributed by atoms with Crippen LogP contribution >= 0.6 is 0 Å². The molecule has 0 aliphatic heterocycles. The molecule has 0 aliphatic rings. The second kappa shape index (κ2) is 7.95. The van der Waals surface area contributed by atoms with Crippen LogP contribution in [0.2, 0.25) is 0 Å². The van der Waals surface area contributed by atoms with Gasteiger partial charge in [0.15, 0.2) is 0 Å². The number of hydrogen-bond donors (Lipinski definition) is 3. The van der Waals surface area contributed by atoms with E-state index >= 15 is 0 Å². The molecule has 1 heterocycles. The van der Waals surface area contributed by atoms with Crippen LogP contribution in [0.4, 0.5) is 0 Å². The maximum absolute atomic E-state index is 11.8. The Morgan fingerprint density at radius 3 is 2.75 bits per heavy atom. The second-order valence-corrected chi connectivity index (χ2v) is 3.94. The van der Waals surface area contributed by atoms with Crippen molar-refractivity contribution in [2.24, 2.45) is 0 Å². The van der Waals surface area contributed by atoms with Crippen molar-refractivity contribution in [3.63, 3.8) is 0 Å². The summed E-state index contributed by atoms with van der Waals surface area (Å²) >= 11 is 0. The number of carbonyl (C=O) groups excluding carboxylic acids is 2. The van der Waals surface area contributed by atoms with Crippen LogP contribution in [-0.4, -0.2) is 54.3 Å². The highest BCUT2D eigenvalue weighted by Crippen LogP contribution is 2.02. The van der Waals surface area contributed by atoms with Crippen LogP contribution in [0, 0.1) is 0 Å². The summed E-state index contributed by atoms with van der Waals surface area (Å²) in [5.41, 5.74) is 0.192. The molecule has 1 rings (SSSR count).